The minimum absolute atomic E-state index is 0. The van der Waals surface area contributed by atoms with Gasteiger partial charge in [0.25, 0.3) is 0 Å². The van der Waals surface area contributed by atoms with Gasteiger partial charge in [0, 0.05) is 24.5 Å². The summed E-state index contributed by atoms with van der Waals surface area (Å²) in [6.07, 6.45) is 3.36. The molecule has 1 heterocycles. The monoisotopic (exact) mass is 443 g/mol. The molecule has 3 nitrogen and oxygen atoms in total. The number of nitrogens with one attached hydrogen (secondary N) is 1. The van der Waals surface area contributed by atoms with Crippen LogP contribution in [0.1, 0.15) is 69.9 Å². The van der Waals surface area contributed by atoms with Crippen LogP contribution in [0.25, 0.3) is 0 Å². The van der Waals surface area contributed by atoms with Crippen LogP contribution >= 0.6 is 17.0 Å². The van der Waals surface area contributed by atoms with Crippen molar-refractivity contribution in [3.8, 4) is 0 Å². The van der Waals surface area contributed by atoms with Crippen LogP contribution in [0.5, 0.6) is 0 Å². The van der Waals surface area contributed by atoms with E-state index in [9.17, 15) is 0 Å². The van der Waals surface area contributed by atoms with Crippen molar-refractivity contribution >= 4 is 34.3 Å². The maximum absolute atomic E-state index is 8.78. The van der Waals surface area contributed by atoms with Gasteiger partial charge in [-0.3, -0.25) is 5.41 Å². The van der Waals surface area contributed by atoms with Gasteiger partial charge in [-0.1, -0.05) is 52.0 Å². The molecule has 0 radical (unpaired) electrons. The van der Waals surface area contributed by atoms with Gasteiger partial charge >= 0.3 is 0 Å². The summed E-state index contributed by atoms with van der Waals surface area (Å²) in [7, 11) is 0. The lowest BCUT2D eigenvalue weighted by atomic mass is 9.98. The van der Waals surface area contributed by atoms with E-state index in [1.165, 1.54) is 11.1 Å². The minimum atomic E-state index is 0. The lowest BCUT2D eigenvalue weighted by molar-refractivity contribution is 0.730. The summed E-state index contributed by atoms with van der Waals surface area (Å²) in [5.41, 5.74) is 4.99. The Balaban J connectivity index is 0.00000280. The average molecular weight is 444 g/mol. The van der Waals surface area contributed by atoms with Crippen LogP contribution in [-0.4, -0.2) is 19.0 Å². The van der Waals surface area contributed by atoms with Gasteiger partial charge in [0.05, 0.1) is 0 Å². The van der Waals surface area contributed by atoms with E-state index in [0.717, 1.165) is 43.7 Å². The van der Waals surface area contributed by atoms with Crippen molar-refractivity contribution in [3.05, 3.63) is 59.7 Å². The van der Waals surface area contributed by atoms with Crippen molar-refractivity contribution < 1.29 is 0 Å². The molecule has 152 valence electrons. The smallest absolute Gasteiger partial charge is 0.202 e. The predicted octanol–water partition coefficient (Wildman–Crippen LogP) is 6.94. The first kappa shape index (κ1) is 22.5. The fourth-order valence-corrected chi connectivity index (χ4v) is 3.68. The van der Waals surface area contributed by atoms with E-state index in [1.807, 2.05) is 0 Å². The maximum atomic E-state index is 8.78. The zero-order valence-electron chi connectivity index (χ0n) is 17.6. The van der Waals surface area contributed by atoms with E-state index >= 15 is 0 Å². The number of guanidine groups is 1. The van der Waals surface area contributed by atoms with Crippen molar-refractivity contribution in [2.24, 2.45) is 0 Å². The van der Waals surface area contributed by atoms with E-state index in [4.69, 9.17) is 5.41 Å². The van der Waals surface area contributed by atoms with Crippen LogP contribution in [0.4, 0.5) is 11.4 Å². The van der Waals surface area contributed by atoms with E-state index < -0.39 is 0 Å². The second kappa shape index (κ2) is 10.1. The van der Waals surface area contributed by atoms with Crippen molar-refractivity contribution in [2.45, 2.75) is 58.8 Å². The molecule has 1 saturated heterocycles. The lowest BCUT2D eigenvalue weighted by Gasteiger charge is -2.38. The van der Waals surface area contributed by atoms with E-state index in [-0.39, 0.29) is 17.0 Å². The molecular weight excluding hydrogens is 410 g/mol. The summed E-state index contributed by atoms with van der Waals surface area (Å²) in [5.74, 6) is 1.74. The first-order valence-corrected chi connectivity index (χ1v) is 10.4. The van der Waals surface area contributed by atoms with Gasteiger partial charge in [0.15, 0.2) is 0 Å². The van der Waals surface area contributed by atoms with Crippen molar-refractivity contribution in [2.75, 3.05) is 22.9 Å². The Kier molecular flexibility index (Phi) is 8.11. The standard InChI is InChI=1S/C24H33N3.BrH/c1-5-18(3)20-8-12-22(13-9-20)26-16-7-17-27(24(26)25)23-14-10-21(11-15-23)19(4)6-2;/h8-15,18-19,25H,5-7,16-17H2,1-4H3;1H. The molecule has 0 bridgehead atoms. The molecule has 2 unspecified atom stereocenters. The Hall–Kier alpha value is -1.81. The molecule has 28 heavy (non-hydrogen) atoms. The molecule has 1 N–H and O–H groups in total. The molecule has 1 aliphatic rings. The number of anilines is 2. The summed E-state index contributed by atoms with van der Waals surface area (Å²) >= 11 is 0. The Morgan fingerprint density at radius 3 is 1.43 bits per heavy atom. The Morgan fingerprint density at radius 1 is 0.750 bits per heavy atom. The fraction of sp³-hybridized carbons (Fsp3) is 0.458. The van der Waals surface area contributed by atoms with Crippen LogP contribution in [0.15, 0.2) is 48.5 Å². The zero-order chi connectivity index (χ0) is 19.4. The fourth-order valence-electron chi connectivity index (χ4n) is 3.68. The van der Waals surface area contributed by atoms with Gasteiger partial charge in [-0.2, -0.15) is 0 Å². The van der Waals surface area contributed by atoms with Crippen molar-refractivity contribution in [3.63, 3.8) is 0 Å². The topological polar surface area (TPSA) is 30.3 Å². The van der Waals surface area contributed by atoms with Gasteiger partial charge in [-0.15, -0.1) is 17.0 Å². The number of halogens is 1. The lowest BCUT2D eigenvalue weighted by Crippen LogP contribution is -2.50. The third-order valence-electron chi connectivity index (χ3n) is 6.05. The molecule has 0 amide bonds. The average Bonchev–Trinajstić information content (AvgIpc) is 2.73. The molecule has 2 atom stereocenters. The third-order valence-corrected chi connectivity index (χ3v) is 6.05. The minimum Gasteiger partial charge on any atom is -0.312 e. The zero-order valence-corrected chi connectivity index (χ0v) is 19.3. The van der Waals surface area contributed by atoms with Gasteiger partial charge in [0.2, 0.25) is 5.96 Å². The maximum Gasteiger partial charge on any atom is 0.202 e. The summed E-state index contributed by atoms with van der Waals surface area (Å²) in [6, 6.07) is 17.6. The van der Waals surface area contributed by atoms with Crippen molar-refractivity contribution in [1.29, 1.82) is 5.41 Å². The summed E-state index contributed by atoms with van der Waals surface area (Å²) in [4.78, 5) is 4.26. The molecule has 0 saturated carbocycles. The van der Waals surface area contributed by atoms with Crippen LogP contribution in [-0.2, 0) is 0 Å². The number of rotatable bonds is 6. The second-order valence-corrected chi connectivity index (χ2v) is 7.78. The highest BCUT2D eigenvalue weighted by molar-refractivity contribution is 8.93. The van der Waals surface area contributed by atoms with Gasteiger partial charge < -0.3 is 9.80 Å². The first-order valence-electron chi connectivity index (χ1n) is 10.4. The van der Waals surface area contributed by atoms with Gasteiger partial charge in [-0.25, -0.2) is 0 Å². The van der Waals surface area contributed by atoms with Crippen LogP contribution in [0.3, 0.4) is 0 Å². The van der Waals surface area contributed by atoms with Crippen LogP contribution in [0, 0.1) is 5.41 Å². The first-order chi connectivity index (χ1) is 13.0. The van der Waals surface area contributed by atoms with E-state index in [2.05, 4.69) is 86.0 Å². The van der Waals surface area contributed by atoms with Crippen LogP contribution < -0.4 is 9.80 Å². The molecular formula is C24H34BrN3. The molecule has 0 aromatic heterocycles. The number of benzene rings is 2. The highest BCUT2D eigenvalue weighted by Gasteiger charge is 2.25. The van der Waals surface area contributed by atoms with Crippen LogP contribution in [0.2, 0.25) is 0 Å². The highest BCUT2D eigenvalue weighted by atomic mass is 79.9. The molecule has 1 fully saturated rings. The number of hydrogen-bond donors (Lipinski definition) is 1. The van der Waals surface area contributed by atoms with E-state index in [1.54, 1.807) is 0 Å². The Bertz CT molecular complexity index is 691. The largest absolute Gasteiger partial charge is 0.312 e. The molecule has 2 aromatic rings. The normalized spacial score (nSPS) is 16.5. The van der Waals surface area contributed by atoms with Gasteiger partial charge in [0.1, 0.15) is 0 Å². The molecule has 1 aliphatic heterocycles. The summed E-state index contributed by atoms with van der Waals surface area (Å²) < 4.78 is 0. The second-order valence-electron chi connectivity index (χ2n) is 7.78. The molecule has 0 aliphatic carbocycles. The predicted molar refractivity (Wildman–Crippen MR) is 128 cm³/mol. The highest BCUT2D eigenvalue weighted by Crippen LogP contribution is 2.28. The van der Waals surface area contributed by atoms with Crippen molar-refractivity contribution in [1.82, 2.24) is 0 Å². The molecule has 0 spiro atoms. The molecule has 3 rings (SSSR count). The number of nitrogens with zero attached hydrogens (tertiary/aromatic N) is 2. The Morgan fingerprint density at radius 2 is 1.11 bits per heavy atom. The van der Waals surface area contributed by atoms with E-state index in [0.29, 0.717) is 17.8 Å². The SMILES string of the molecule is Br.CCC(C)c1ccc(N2CCCN(c3ccc(C(C)CC)cc3)C2=N)cc1. The van der Waals surface area contributed by atoms with Gasteiger partial charge in [-0.05, 0) is 66.5 Å². The Labute approximate surface area is 181 Å². The quantitative estimate of drug-likeness (QED) is 0.523. The third kappa shape index (κ3) is 4.78. The summed E-state index contributed by atoms with van der Waals surface area (Å²) in [6.45, 7) is 10.8. The molecule has 4 heteroatoms. The number of hydrogen-bond acceptors (Lipinski definition) is 1. The summed E-state index contributed by atoms with van der Waals surface area (Å²) in [5, 5.41) is 8.78. The molecule has 2 aromatic carbocycles.